The fourth-order valence-electron chi connectivity index (χ4n) is 4.34. The Bertz CT molecular complexity index is 1070. The second kappa shape index (κ2) is 9.83. The average Bonchev–Trinajstić information content (AvgIpc) is 2.79. The van der Waals surface area contributed by atoms with Crippen molar-refractivity contribution >= 4 is 17.5 Å². The number of anilines is 2. The number of nitrogens with one attached hydrogen (secondary N) is 3. The number of aromatic nitrogens is 1. The third-order valence-electron chi connectivity index (χ3n) is 5.93. The maximum Gasteiger partial charge on any atom is 0.307 e. The first-order valence-corrected chi connectivity index (χ1v) is 11.1. The van der Waals surface area contributed by atoms with E-state index in [1.54, 1.807) is 6.20 Å². The number of carbonyl (C=O) groups is 1. The van der Waals surface area contributed by atoms with Crippen LogP contribution in [0, 0.1) is 6.92 Å². The minimum Gasteiger partial charge on any atom is -0.481 e. The molecule has 0 bridgehead atoms. The molecule has 4 rings (SSSR count). The summed E-state index contributed by atoms with van der Waals surface area (Å²) in [6.45, 7) is 5.75. The SMILES string of the molecule is Cc1cc(CC(=O)O)cc([C@@H](C)CN[C@H](c2ccccc2)[C@H]2CNc3cccnc3N2)c1. The van der Waals surface area contributed by atoms with Gasteiger partial charge >= 0.3 is 5.97 Å². The van der Waals surface area contributed by atoms with E-state index in [0.717, 1.165) is 41.3 Å². The summed E-state index contributed by atoms with van der Waals surface area (Å²) in [5.41, 5.74) is 5.33. The van der Waals surface area contributed by atoms with Crippen molar-refractivity contribution in [1.29, 1.82) is 0 Å². The molecule has 0 saturated carbocycles. The van der Waals surface area contributed by atoms with Gasteiger partial charge in [-0.2, -0.15) is 0 Å². The highest BCUT2D eigenvalue weighted by Crippen LogP contribution is 2.29. The maximum absolute atomic E-state index is 11.2. The van der Waals surface area contributed by atoms with E-state index in [4.69, 9.17) is 0 Å². The molecule has 4 N–H and O–H groups in total. The summed E-state index contributed by atoms with van der Waals surface area (Å²) in [5, 5.41) is 20.0. The third-order valence-corrected chi connectivity index (χ3v) is 5.93. The molecule has 3 aromatic rings. The van der Waals surface area contributed by atoms with Crippen LogP contribution >= 0.6 is 0 Å². The van der Waals surface area contributed by atoms with Gasteiger partial charge in [-0.15, -0.1) is 0 Å². The molecule has 0 radical (unpaired) electrons. The number of rotatable bonds is 8. The molecule has 1 aliphatic rings. The molecule has 0 amide bonds. The first kappa shape index (κ1) is 21.8. The second-order valence-corrected chi connectivity index (χ2v) is 8.55. The van der Waals surface area contributed by atoms with E-state index in [0.29, 0.717) is 0 Å². The summed E-state index contributed by atoms with van der Waals surface area (Å²) in [6, 6.07) is 20.8. The molecule has 2 aromatic carbocycles. The molecule has 6 heteroatoms. The number of nitrogens with zero attached hydrogens (tertiary/aromatic N) is 1. The minimum atomic E-state index is -0.804. The number of hydrogen-bond acceptors (Lipinski definition) is 5. The van der Waals surface area contributed by atoms with E-state index in [1.807, 2.05) is 37.3 Å². The predicted octanol–water partition coefficient (Wildman–Crippen LogP) is 4.36. The Labute approximate surface area is 189 Å². The smallest absolute Gasteiger partial charge is 0.307 e. The normalized spacial score (nSPS) is 16.9. The monoisotopic (exact) mass is 430 g/mol. The van der Waals surface area contributed by atoms with Gasteiger partial charge in [0.1, 0.15) is 5.82 Å². The van der Waals surface area contributed by atoms with Crippen LogP contribution in [0.5, 0.6) is 0 Å². The average molecular weight is 431 g/mol. The van der Waals surface area contributed by atoms with E-state index in [2.05, 4.69) is 58.2 Å². The van der Waals surface area contributed by atoms with Crippen molar-refractivity contribution in [1.82, 2.24) is 10.3 Å². The highest BCUT2D eigenvalue weighted by molar-refractivity contribution is 5.70. The first-order chi connectivity index (χ1) is 15.5. The Morgan fingerprint density at radius 1 is 1.16 bits per heavy atom. The van der Waals surface area contributed by atoms with E-state index in [-0.39, 0.29) is 24.4 Å². The number of aliphatic carboxylic acids is 1. The molecule has 6 nitrogen and oxygen atoms in total. The van der Waals surface area contributed by atoms with Crippen LogP contribution in [0.4, 0.5) is 11.5 Å². The maximum atomic E-state index is 11.2. The molecule has 2 heterocycles. The molecule has 0 fully saturated rings. The van der Waals surface area contributed by atoms with Crippen molar-refractivity contribution in [2.45, 2.75) is 38.3 Å². The highest BCUT2D eigenvalue weighted by Gasteiger charge is 2.27. The van der Waals surface area contributed by atoms with Gasteiger partial charge in [0.25, 0.3) is 0 Å². The lowest BCUT2D eigenvalue weighted by molar-refractivity contribution is -0.136. The summed E-state index contributed by atoms with van der Waals surface area (Å²) in [5.74, 6) is 0.299. The quantitative estimate of drug-likeness (QED) is 0.425. The highest BCUT2D eigenvalue weighted by atomic mass is 16.4. The van der Waals surface area contributed by atoms with Gasteiger partial charge in [0.15, 0.2) is 0 Å². The molecule has 0 unspecified atom stereocenters. The lowest BCUT2D eigenvalue weighted by atomic mass is 9.93. The van der Waals surface area contributed by atoms with Gasteiger partial charge in [-0.1, -0.05) is 61.0 Å². The summed E-state index contributed by atoms with van der Waals surface area (Å²) >= 11 is 0. The summed E-state index contributed by atoms with van der Waals surface area (Å²) in [6.07, 6.45) is 1.85. The first-order valence-electron chi connectivity index (χ1n) is 11.1. The third kappa shape index (κ3) is 5.26. The van der Waals surface area contributed by atoms with Gasteiger partial charge in [-0.25, -0.2) is 4.98 Å². The number of hydrogen-bond donors (Lipinski definition) is 4. The van der Waals surface area contributed by atoms with Gasteiger partial charge in [0.2, 0.25) is 0 Å². The predicted molar refractivity (Wildman–Crippen MR) is 128 cm³/mol. The van der Waals surface area contributed by atoms with Crippen molar-refractivity contribution in [3.63, 3.8) is 0 Å². The number of benzene rings is 2. The Balaban J connectivity index is 1.51. The summed E-state index contributed by atoms with van der Waals surface area (Å²) in [4.78, 5) is 15.6. The van der Waals surface area contributed by atoms with Crippen molar-refractivity contribution in [2.24, 2.45) is 0 Å². The molecule has 0 aliphatic carbocycles. The Morgan fingerprint density at radius 3 is 2.75 bits per heavy atom. The molecule has 166 valence electrons. The standard InChI is InChI=1S/C26H30N4O2/c1-17-11-19(14-24(31)32)13-21(12-17)18(2)15-29-25(20-7-4-3-5-8-20)23-16-28-22-9-6-10-27-26(22)30-23/h3-13,18,23,25,28-29H,14-16H2,1-2H3,(H,27,30)(H,31,32)/t18-,23+,25+/m0/s1. The summed E-state index contributed by atoms with van der Waals surface area (Å²) in [7, 11) is 0. The van der Waals surface area contributed by atoms with Gasteiger partial charge in [-0.3, -0.25) is 4.79 Å². The Morgan fingerprint density at radius 2 is 1.97 bits per heavy atom. The van der Waals surface area contributed by atoms with E-state index >= 15 is 0 Å². The van der Waals surface area contributed by atoms with E-state index in [1.165, 1.54) is 5.56 Å². The number of carboxylic acids is 1. The van der Waals surface area contributed by atoms with Crippen molar-refractivity contribution in [2.75, 3.05) is 23.7 Å². The van der Waals surface area contributed by atoms with Gasteiger partial charge in [-0.05, 0) is 41.7 Å². The van der Waals surface area contributed by atoms with Crippen molar-refractivity contribution < 1.29 is 9.90 Å². The molecule has 3 atom stereocenters. The van der Waals surface area contributed by atoms with Crippen LogP contribution in [-0.4, -0.2) is 35.2 Å². The Kier molecular flexibility index (Phi) is 6.71. The summed E-state index contributed by atoms with van der Waals surface area (Å²) < 4.78 is 0. The lowest BCUT2D eigenvalue weighted by Gasteiger charge is -2.35. The van der Waals surface area contributed by atoms with E-state index in [9.17, 15) is 9.90 Å². The second-order valence-electron chi connectivity index (χ2n) is 8.55. The number of carboxylic acid groups (broad SMARTS) is 1. The molecule has 0 saturated heterocycles. The zero-order valence-corrected chi connectivity index (χ0v) is 18.5. The number of pyridine rings is 1. The number of fused-ring (bicyclic) bond motifs is 1. The molecule has 0 spiro atoms. The minimum absolute atomic E-state index is 0.0472. The van der Waals surface area contributed by atoms with E-state index < -0.39 is 5.97 Å². The van der Waals surface area contributed by atoms with Gasteiger partial charge < -0.3 is 21.1 Å². The largest absolute Gasteiger partial charge is 0.481 e. The van der Waals surface area contributed by atoms with Crippen LogP contribution in [0.25, 0.3) is 0 Å². The molecular formula is C26H30N4O2. The van der Waals surface area contributed by atoms with Crippen LogP contribution < -0.4 is 16.0 Å². The lowest BCUT2D eigenvalue weighted by Crippen LogP contribution is -2.45. The molecule has 32 heavy (non-hydrogen) atoms. The van der Waals surface area contributed by atoms with Crippen molar-refractivity contribution in [3.05, 3.63) is 89.1 Å². The van der Waals surface area contributed by atoms with Crippen molar-refractivity contribution in [3.8, 4) is 0 Å². The molecule has 1 aliphatic heterocycles. The Hall–Kier alpha value is -3.38. The molecule has 1 aromatic heterocycles. The van der Waals surface area contributed by atoms with Crippen LogP contribution in [0.1, 0.15) is 41.1 Å². The topological polar surface area (TPSA) is 86.3 Å². The number of aryl methyl sites for hydroxylation is 1. The van der Waals surface area contributed by atoms with Crippen LogP contribution in [0.15, 0.2) is 66.9 Å². The van der Waals surface area contributed by atoms with Gasteiger partial charge in [0.05, 0.1) is 24.2 Å². The van der Waals surface area contributed by atoms with Gasteiger partial charge in [0, 0.05) is 19.3 Å². The zero-order valence-electron chi connectivity index (χ0n) is 18.5. The van der Waals surface area contributed by atoms with Crippen LogP contribution in [0.3, 0.4) is 0 Å². The van der Waals surface area contributed by atoms with Crippen LogP contribution in [0.2, 0.25) is 0 Å². The fraction of sp³-hybridized carbons (Fsp3) is 0.308. The van der Waals surface area contributed by atoms with Crippen LogP contribution in [-0.2, 0) is 11.2 Å². The zero-order chi connectivity index (χ0) is 22.5. The molecular weight excluding hydrogens is 400 g/mol. The fourth-order valence-corrected chi connectivity index (χ4v) is 4.34.